The van der Waals surface area contributed by atoms with Crippen molar-refractivity contribution in [2.45, 2.75) is 25.4 Å². The Hall–Kier alpha value is -3.38. The lowest BCUT2D eigenvalue weighted by atomic mass is 10.0. The molecule has 0 spiro atoms. The lowest BCUT2D eigenvalue weighted by molar-refractivity contribution is -0.136. The molecule has 3 aliphatic rings. The predicted octanol–water partition coefficient (Wildman–Crippen LogP) is -0.0390. The largest absolute Gasteiger partial charge is 0.349 e. The van der Waals surface area contributed by atoms with E-state index in [1.807, 2.05) is 0 Å². The molecule has 4 amide bonds. The Balaban J connectivity index is 1.27. The number of piperidine rings is 1. The summed E-state index contributed by atoms with van der Waals surface area (Å²) in [4.78, 5) is 56.9. The van der Waals surface area contributed by atoms with E-state index in [9.17, 15) is 19.2 Å². The summed E-state index contributed by atoms with van der Waals surface area (Å²) in [6.45, 7) is 3.99. The van der Waals surface area contributed by atoms with E-state index in [0.29, 0.717) is 12.5 Å². The normalized spacial score (nSPS) is 21.1. The number of nitrogens with zero attached hydrogens (tertiary/aromatic N) is 4. The molecule has 32 heavy (non-hydrogen) atoms. The Bertz CT molecular complexity index is 1110. The van der Waals surface area contributed by atoms with Crippen molar-refractivity contribution < 1.29 is 19.2 Å². The van der Waals surface area contributed by atoms with Gasteiger partial charge in [0.15, 0.2) is 0 Å². The summed E-state index contributed by atoms with van der Waals surface area (Å²) in [5.74, 6) is -1.54. The van der Waals surface area contributed by atoms with E-state index >= 15 is 0 Å². The first-order valence-corrected chi connectivity index (χ1v) is 11.2. The molecule has 3 aliphatic heterocycles. The molecule has 1 aromatic heterocycles. The number of hydrogen-bond donors (Lipinski definition) is 3. The van der Waals surface area contributed by atoms with Crippen molar-refractivity contribution in [3.63, 3.8) is 0 Å². The number of carbonyl (C=O) groups is 4. The molecule has 0 aliphatic carbocycles. The van der Waals surface area contributed by atoms with Crippen molar-refractivity contribution in [2.75, 3.05) is 36.4 Å². The average molecular weight is 456 g/mol. The summed E-state index contributed by atoms with van der Waals surface area (Å²) in [5, 5.41) is 9.52. The minimum absolute atomic E-state index is 0.0928. The van der Waals surface area contributed by atoms with Crippen molar-refractivity contribution >= 4 is 46.2 Å². The first-order chi connectivity index (χ1) is 15.5. The molecule has 0 saturated carbocycles. The highest BCUT2D eigenvalue weighted by atomic mass is 32.1. The van der Waals surface area contributed by atoms with Gasteiger partial charge < -0.3 is 15.5 Å². The third-order valence-corrected chi connectivity index (χ3v) is 6.53. The van der Waals surface area contributed by atoms with Crippen LogP contribution in [0, 0.1) is 0 Å². The van der Waals surface area contributed by atoms with Crippen molar-refractivity contribution in [2.24, 2.45) is 0 Å². The van der Waals surface area contributed by atoms with Gasteiger partial charge >= 0.3 is 0 Å². The number of aromatic nitrogens is 2. The first-order valence-electron chi connectivity index (χ1n) is 10.4. The third kappa shape index (κ3) is 3.71. The van der Waals surface area contributed by atoms with E-state index in [4.69, 9.17) is 0 Å². The number of nitrogens with one attached hydrogen (secondary N) is 3. The number of amides is 4. The Kier molecular flexibility index (Phi) is 5.31. The van der Waals surface area contributed by atoms with Crippen LogP contribution in [0.3, 0.4) is 0 Å². The quantitative estimate of drug-likeness (QED) is 0.531. The smallest absolute Gasteiger partial charge is 0.262 e. The summed E-state index contributed by atoms with van der Waals surface area (Å²) < 4.78 is 4.35. The van der Waals surface area contributed by atoms with Crippen molar-refractivity contribution in [3.8, 4) is 0 Å². The molecular formula is C20H21N7O4S. The SMILES string of the molecule is O=C1CCC(N2C(=O)c3ccc(CNc4nsc(N5CCNCC5)n4)cc3C2=O)C(=O)N1. The molecule has 166 valence electrons. The summed E-state index contributed by atoms with van der Waals surface area (Å²) in [5.41, 5.74) is 1.30. The summed E-state index contributed by atoms with van der Waals surface area (Å²) in [6.07, 6.45) is 0.227. The van der Waals surface area contributed by atoms with Crippen molar-refractivity contribution in [1.29, 1.82) is 0 Å². The lowest BCUT2D eigenvalue weighted by Crippen LogP contribution is -2.54. The van der Waals surface area contributed by atoms with Crippen LogP contribution in [0.2, 0.25) is 0 Å². The zero-order valence-corrected chi connectivity index (χ0v) is 17.9. The molecule has 11 nitrogen and oxygen atoms in total. The highest BCUT2D eigenvalue weighted by molar-refractivity contribution is 7.09. The van der Waals surface area contributed by atoms with Gasteiger partial charge in [0.2, 0.25) is 22.9 Å². The van der Waals surface area contributed by atoms with E-state index < -0.39 is 29.7 Å². The molecule has 5 rings (SSSR count). The minimum Gasteiger partial charge on any atom is -0.349 e. The van der Waals surface area contributed by atoms with Gasteiger partial charge in [0.1, 0.15) is 6.04 Å². The second-order valence-electron chi connectivity index (χ2n) is 7.82. The highest BCUT2D eigenvalue weighted by Gasteiger charge is 2.44. The molecule has 12 heteroatoms. The Labute approximate surface area is 187 Å². The van der Waals surface area contributed by atoms with Gasteiger partial charge in [0.05, 0.1) is 11.1 Å². The van der Waals surface area contributed by atoms with Gasteiger partial charge in [-0.2, -0.15) is 9.36 Å². The first kappa shape index (κ1) is 20.5. The summed E-state index contributed by atoms with van der Waals surface area (Å²) in [7, 11) is 0. The monoisotopic (exact) mass is 455 g/mol. The van der Waals surface area contributed by atoms with Crippen LogP contribution in [0.5, 0.6) is 0 Å². The standard InChI is InChI=1S/C20H21N7O4S/c28-15-4-3-14(16(29)23-15)27-17(30)12-2-1-11(9-13(12)18(27)31)10-22-19-24-20(32-25-19)26-7-5-21-6-8-26/h1-2,9,14,21H,3-8,10H2,(H,22,25)(H,23,28,29). The molecule has 0 radical (unpaired) electrons. The van der Waals surface area contributed by atoms with Crippen LogP contribution in [0.4, 0.5) is 11.1 Å². The fraction of sp³-hybridized carbons (Fsp3) is 0.400. The van der Waals surface area contributed by atoms with Gasteiger partial charge in [-0.1, -0.05) is 6.07 Å². The molecule has 1 aromatic carbocycles. The number of fused-ring (bicyclic) bond motifs is 1. The second-order valence-corrected chi connectivity index (χ2v) is 8.55. The number of carbonyl (C=O) groups excluding carboxylic acids is 4. The third-order valence-electron chi connectivity index (χ3n) is 5.76. The van der Waals surface area contributed by atoms with Gasteiger partial charge in [-0.25, -0.2) is 0 Å². The Morgan fingerprint density at radius 3 is 2.66 bits per heavy atom. The molecule has 1 unspecified atom stereocenters. The van der Waals surface area contributed by atoms with Crippen LogP contribution in [0.1, 0.15) is 39.1 Å². The van der Waals surface area contributed by atoms with Crippen LogP contribution in [0.25, 0.3) is 0 Å². The predicted molar refractivity (Wildman–Crippen MR) is 115 cm³/mol. The highest BCUT2D eigenvalue weighted by Crippen LogP contribution is 2.28. The summed E-state index contributed by atoms with van der Waals surface area (Å²) in [6, 6.07) is 4.04. The molecule has 2 aromatic rings. The van der Waals surface area contributed by atoms with Crippen LogP contribution in [0.15, 0.2) is 18.2 Å². The van der Waals surface area contributed by atoms with Crippen LogP contribution < -0.4 is 20.9 Å². The molecule has 3 N–H and O–H groups in total. The van der Waals surface area contributed by atoms with E-state index in [0.717, 1.165) is 41.8 Å². The minimum atomic E-state index is -0.968. The topological polar surface area (TPSA) is 137 Å². The van der Waals surface area contributed by atoms with Crippen molar-refractivity contribution in [3.05, 3.63) is 34.9 Å². The number of anilines is 2. The van der Waals surface area contributed by atoms with Gasteiger partial charge in [-0.15, -0.1) is 0 Å². The second kappa shape index (κ2) is 8.28. The van der Waals surface area contributed by atoms with Gasteiger partial charge in [0, 0.05) is 50.7 Å². The fourth-order valence-corrected chi connectivity index (χ4v) is 4.78. The van der Waals surface area contributed by atoms with Gasteiger partial charge in [0.25, 0.3) is 11.8 Å². The van der Waals surface area contributed by atoms with Crippen LogP contribution in [-0.4, -0.2) is 70.1 Å². The lowest BCUT2D eigenvalue weighted by Gasteiger charge is -2.27. The van der Waals surface area contributed by atoms with Crippen molar-refractivity contribution in [1.82, 2.24) is 24.9 Å². The number of imide groups is 2. The molecule has 2 saturated heterocycles. The fourth-order valence-electron chi connectivity index (χ4n) is 4.08. The molecule has 1 atom stereocenters. The molecule has 0 bridgehead atoms. The number of hydrogen-bond acceptors (Lipinski definition) is 10. The van der Waals surface area contributed by atoms with Gasteiger partial charge in [-0.05, 0) is 24.1 Å². The zero-order chi connectivity index (χ0) is 22.2. The number of benzene rings is 1. The van der Waals surface area contributed by atoms with Crippen LogP contribution in [-0.2, 0) is 16.1 Å². The van der Waals surface area contributed by atoms with E-state index in [2.05, 4.69) is 30.2 Å². The summed E-state index contributed by atoms with van der Waals surface area (Å²) >= 11 is 1.34. The zero-order valence-electron chi connectivity index (χ0n) is 17.1. The van der Waals surface area contributed by atoms with Gasteiger partial charge in [-0.3, -0.25) is 29.4 Å². The van der Waals surface area contributed by atoms with E-state index in [1.165, 1.54) is 11.5 Å². The molecule has 4 heterocycles. The van der Waals surface area contributed by atoms with E-state index in [-0.39, 0.29) is 24.0 Å². The van der Waals surface area contributed by atoms with E-state index in [1.54, 1.807) is 18.2 Å². The Morgan fingerprint density at radius 2 is 1.88 bits per heavy atom. The maximum Gasteiger partial charge on any atom is 0.262 e. The number of rotatable bonds is 5. The Morgan fingerprint density at radius 1 is 1.09 bits per heavy atom. The average Bonchev–Trinajstić information content (AvgIpc) is 3.37. The maximum absolute atomic E-state index is 12.9. The number of piperazine rings is 1. The molecular weight excluding hydrogens is 434 g/mol. The van der Waals surface area contributed by atoms with Crippen LogP contribution >= 0.6 is 11.5 Å². The maximum atomic E-state index is 12.9. The molecule has 2 fully saturated rings.